The Morgan fingerprint density at radius 2 is 1.78 bits per heavy atom. The Balaban J connectivity index is 1.78. The van der Waals surface area contributed by atoms with Crippen LogP contribution in [-0.2, 0) is 6.61 Å². The van der Waals surface area contributed by atoms with Gasteiger partial charge in [0.1, 0.15) is 0 Å². The molecule has 0 spiro atoms. The van der Waals surface area contributed by atoms with Gasteiger partial charge in [-0.05, 0) is 94.0 Å². The Hall–Kier alpha value is -1.32. The Morgan fingerprint density at radius 1 is 1.07 bits per heavy atom. The van der Waals surface area contributed by atoms with Gasteiger partial charge in [-0.25, -0.2) is 0 Å². The molecular weight excluding hydrogens is 332 g/mol. The minimum absolute atomic E-state index is 0.164. The van der Waals surface area contributed by atoms with E-state index in [9.17, 15) is 5.11 Å². The van der Waals surface area contributed by atoms with Crippen molar-refractivity contribution < 1.29 is 5.11 Å². The largest absolute Gasteiger partial charge is 0.390 e. The zero-order valence-corrected chi connectivity index (χ0v) is 17.3. The average molecular weight is 369 g/mol. The van der Waals surface area contributed by atoms with Gasteiger partial charge in [0.15, 0.2) is 0 Å². The van der Waals surface area contributed by atoms with Crippen molar-refractivity contribution in [2.75, 3.05) is 13.1 Å². The van der Waals surface area contributed by atoms with Gasteiger partial charge in [-0.3, -0.25) is 0 Å². The smallest absolute Gasteiger partial charge is 0.0836 e. The Kier molecular flexibility index (Phi) is 5.61. The summed E-state index contributed by atoms with van der Waals surface area (Å²) in [6, 6.07) is 7.46. The van der Waals surface area contributed by atoms with Gasteiger partial charge in [-0.15, -0.1) is 0 Å². The predicted molar refractivity (Wildman–Crippen MR) is 113 cm³/mol. The minimum atomic E-state index is 0.164. The van der Waals surface area contributed by atoms with E-state index in [4.69, 9.17) is 0 Å². The predicted octanol–water partition coefficient (Wildman–Crippen LogP) is 5.30. The molecular formula is C24H36N2O. The Labute approximate surface area is 164 Å². The van der Waals surface area contributed by atoms with Crippen LogP contribution >= 0.6 is 0 Å². The van der Waals surface area contributed by atoms with Gasteiger partial charge in [0.25, 0.3) is 0 Å². The van der Waals surface area contributed by atoms with Crippen molar-refractivity contribution in [3.8, 4) is 0 Å². The lowest BCUT2D eigenvalue weighted by atomic mass is 9.79. The fraction of sp³-hybridized carbons (Fsp3) is 0.667. The fourth-order valence-electron chi connectivity index (χ4n) is 5.68. The summed E-state index contributed by atoms with van der Waals surface area (Å²) >= 11 is 0. The van der Waals surface area contributed by atoms with Crippen LogP contribution in [0.25, 0.3) is 10.9 Å². The van der Waals surface area contributed by atoms with E-state index in [-0.39, 0.29) is 6.61 Å². The number of nitrogens with one attached hydrogen (secondary N) is 1. The molecule has 0 bridgehead atoms. The van der Waals surface area contributed by atoms with Gasteiger partial charge in [0, 0.05) is 22.6 Å². The van der Waals surface area contributed by atoms with Gasteiger partial charge < -0.3 is 15.0 Å². The summed E-state index contributed by atoms with van der Waals surface area (Å²) in [5.74, 6) is 2.23. The van der Waals surface area contributed by atoms with Gasteiger partial charge in [-0.2, -0.15) is 0 Å². The molecule has 2 fully saturated rings. The SMILES string of the molecule is Cc1ccc2c(c1)c(C1CCNCC1)c(CO)n2[C@H]1CC[C@@H](C(C)C)CC1. The number of aliphatic hydroxyl groups is 1. The highest BCUT2D eigenvalue weighted by Crippen LogP contribution is 2.43. The Bertz CT molecular complexity index is 777. The number of hydrogen-bond donors (Lipinski definition) is 2. The molecule has 3 heteroatoms. The molecule has 4 rings (SSSR count). The monoisotopic (exact) mass is 368 g/mol. The molecule has 2 aliphatic rings. The summed E-state index contributed by atoms with van der Waals surface area (Å²) in [6.07, 6.45) is 7.50. The van der Waals surface area contributed by atoms with E-state index < -0.39 is 0 Å². The van der Waals surface area contributed by atoms with Crippen LogP contribution in [0.2, 0.25) is 0 Å². The number of rotatable bonds is 4. The van der Waals surface area contributed by atoms with Crippen molar-refractivity contribution in [3.05, 3.63) is 35.0 Å². The number of hydrogen-bond acceptors (Lipinski definition) is 2. The zero-order chi connectivity index (χ0) is 19.0. The molecule has 0 unspecified atom stereocenters. The second-order valence-corrected chi connectivity index (χ2v) is 9.25. The van der Waals surface area contributed by atoms with Gasteiger partial charge in [0.2, 0.25) is 0 Å². The van der Waals surface area contributed by atoms with Crippen molar-refractivity contribution in [3.63, 3.8) is 0 Å². The number of benzene rings is 1. The number of piperidine rings is 1. The summed E-state index contributed by atoms with van der Waals surface area (Å²) in [5.41, 5.74) is 5.33. The minimum Gasteiger partial charge on any atom is -0.390 e. The molecule has 1 aromatic heterocycles. The maximum Gasteiger partial charge on any atom is 0.0836 e. The lowest BCUT2D eigenvalue weighted by molar-refractivity contribution is 0.214. The average Bonchev–Trinajstić information content (AvgIpc) is 3.02. The van der Waals surface area contributed by atoms with Crippen molar-refractivity contribution >= 4 is 10.9 Å². The first kappa shape index (κ1) is 19.0. The number of fused-ring (bicyclic) bond motifs is 1. The molecule has 148 valence electrons. The quantitative estimate of drug-likeness (QED) is 0.769. The zero-order valence-electron chi connectivity index (χ0n) is 17.3. The normalized spacial score (nSPS) is 24.8. The summed E-state index contributed by atoms with van der Waals surface area (Å²) in [7, 11) is 0. The van der Waals surface area contributed by atoms with E-state index in [2.05, 4.69) is 48.9 Å². The first-order valence-corrected chi connectivity index (χ1v) is 11.0. The van der Waals surface area contributed by atoms with Crippen LogP contribution in [0.1, 0.15) is 81.2 Å². The second-order valence-electron chi connectivity index (χ2n) is 9.25. The molecule has 1 saturated heterocycles. The summed E-state index contributed by atoms with van der Waals surface area (Å²) < 4.78 is 2.54. The fourth-order valence-corrected chi connectivity index (χ4v) is 5.68. The van der Waals surface area contributed by atoms with Crippen LogP contribution in [0, 0.1) is 18.8 Å². The highest BCUT2D eigenvalue weighted by Gasteiger charge is 2.30. The molecule has 2 N–H and O–H groups in total. The van der Waals surface area contributed by atoms with Crippen LogP contribution in [-0.4, -0.2) is 22.8 Å². The van der Waals surface area contributed by atoms with E-state index in [1.165, 1.54) is 66.2 Å². The topological polar surface area (TPSA) is 37.2 Å². The van der Waals surface area contributed by atoms with E-state index in [1.807, 2.05) is 0 Å². The summed E-state index contributed by atoms with van der Waals surface area (Å²) in [6.45, 7) is 9.27. The van der Waals surface area contributed by atoms with E-state index in [0.717, 1.165) is 24.9 Å². The third-order valence-corrected chi connectivity index (χ3v) is 7.25. The number of aromatic nitrogens is 1. The molecule has 1 aliphatic heterocycles. The third kappa shape index (κ3) is 3.56. The van der Waals surface area contributed by atoms with Crippen LogP contribution in [0.5, 0.6) is 0 Å². The Morgan fingerprint density at radius 3 is 2.41 bits per heavy atom. The molecule has 27 heavy (non-hydrogen) atoms. The molecule has 0 atom stereocenters. The number of nitrogens with zero attached hydrogens (tertiary/aromatic N) is 1. The van der Waals surface area contributed by atoms with Gasteiger partial charge in [0.05, 0.1) is 6.61 Å². The second kappa shape index (κ2) is 7.97. The molecule has 1 aliphatic carbocycles. The standard InChI is InChI=1S/C24H36N2O/c1-16(2)18-5-7-20(8-6-18)26-22-9-4-17(3)14-21(22)24(23(26)15-27)19-10-12-25-13-11-19/h4,9,14,16,18-20,25,27H,5-8,10-13,15H2,1-3H3/t18-,20+. The van der Waals surface area contributed by atoms with E-state index in [1.54, 1.807) is 0 Å². The van der Waals surface area contributed by atoms with Crippen LogP contribution in [0.4, 0.5) is 0 Å². The highest BCUT2D eigenvalue weighted by atomic mass is 16.3. The van der Waals surface area contributed by atoms with Gasteiger partial charge >= 0.3 is 0 Å². The van der Waals surface area contributed by atoms with Gasteiger partial charge in [-0.1, -0.05) is 25.5 Å². The first-order chi connectivity index (χ1) is 13.1. The molecule has 3 nitrogen and oxygen atoms in total. The first-order valence-electron chi connectivity index (χ1n) is 11.0. The maximum atomic E-state index is 10.4. The molecule has 1 saturated carbocycles. The van der Waals surface area contributed by atoms with E-state index >= 15 is 0 Å². The molecule has 0 radical (unpaired) electrons. The highest BCUT2D eigenvalue weighted by molar-refractivity contribution is 5.87. The lowest BCUT2D eigenvalue weighted by Gasteiger charge is -2.33. The van der Waals surface area contributed by atoms with Crippen molar-refractivity contribution in [1.82, 2.24) is 9.88 Å². The molecule has 2 heterocycles. The summed E-state index contributed by atoms with van der Waals surface area (Å²) in [4.78, 5) is 0. The van der Waals surface area contributed by atoms with Crippen LogP contribution in [0.15, 0.2) is 18.2 Å². The number of aliphatic hydroxyl groups excluding tert-OH is 1. The van der Waals surface area contributed by atoms with E-state index in [0.29, 0.717) is 12.0 Å². The lowest BCUT2D eigenvalue weighted by Crippen LogP contribution is -2.27. The van der Waals surface area contributed by atoms with Crippen molar-refractivity contribution in [1.29, 1.82) is 0 Å². The number of aryl methyl sites for hydroxylation is 1. The molecule has 1 aromatic carbocycles. The molecule has 0 amide bonds. The van der Waals surface area contributed by atoms with Crippen LogP contribution < -0.4 is 5.32 Å². The maximum absolute atomic E-state index is 10.4. The molecule has 2 aromatic rings. The van der Waals surface area contributed by atoms with Crippen molar-refractivity contribution in [2.45, 2.75) is 77.9 Å². The summed E-state index contributed by atoms with van der Waals surface area (Å²) in [5, 5.41) is 15.3. The van der Waals surface area contributed by atoms with Crippen LogP contribution in [0.3, 0.4) is 0 Å². The third-order valence-electron chi connectivity index (χ3n) is 7.25. The van der Waals surface area contributed by atoms with Crippen molar-refractivity contribution in [2.24, 2.45) is 11.8 Å².